The van der Waals surface area contributed by atoms with Gasteiger partial charge in [0.05, 0.1) is 0 Å². The maximum atomic E-state index is 2.30. The van der Waals surface area contributed by atoms with Gasteiger partial charge in [0.15, 0.2) is 0 Å². The van der Waals surface area contributed by atoms with Crippen molar-refractivity contribution in [2.45, 2.75) is 125 Å². The second-order valence-electron chi connectivity index (χ2n) is 34.2. The third-order valence-electron chi connectivity index (χ3n) is 24.8. The van der Waals surface area contributed by atoms with Crippen molar-refractivity contribution in [3.8, 4) is 0 Å². The first-order valence-corrected chi connectivity index (χ1v) is 43.2. The fraction of sp³-hybridized carbons (Fsp3) is 0.148. The Balaban J connectivity index is 0.000000109. The van der Waals surface area contributed by atoms with Gasteiger partial charge in [-0.05, 0) is 366 Å². The van der Waals surface area contributed by atoms with E-state index in [1.807, 2.05) is 0 Å². The average molecular weight is 1580 g/mol. The zero-order valence-electron chi connectivity index (χ0n) is 74.5. The van der Waals surface area contributed by atoms with E-state index >= 15 is 0 Å². The average Bonchev–Trinajstić information content (AvgIpc) is 0.750. The van der Waals surface area contributed by atoms with Crippen molar-refractivity contribution in [1.82, 2.24) is 0 Å². The molecule has 0 spiro atoms. The van der Waals surface area contributed by atoms with Gasteiger partial charge in [0, 0.05) is 0 Å². The molecular formula is C122H112. The predicted octanol–water partition coefficient (Wildman–Crippen LogP) is 35.2. The van der Waals surface area contributed by atoms with E-state index in [2.05, 4.69) is 476 Å². The van der Waals surface area contributed by atoms with Crippen molar-refractivity contribution in [3.05, 3.63) is 452 Å². The van der Waals surface area contributed by atoms with Crippen LogP contribution in [-0.2, 0) is 0 Å². The summed E-state index contributed by atoms with van der Waals surface area (Å²) in [5.41, 5.74) is 24.3. The van der Waals surface area contributed by atoms with Gasteiger partial charge < -0.3 is 0 Å². The lowest BCUT2D eigenvalue weighted by molar-refractivity contribution is 1.42. The Morgan fingerprint density at radius 1 is 0.107 bits per heavy atom. The van der Waals surface area contributed by atoms with Crippen LogP contribution in [0.15, 0.2) is 352 Å². The Morgan fingerprint density at radius 3 is 0.910 bits per heavy atom. The Hall–Kier alpha value is -13.5. The first-order chi connectivity index (χ1) is 58.9. The monoisotopic (exact) mass is 1580 g/mol. The zero-order valence-corrected chi connectivity index (χ0v) is 74.5. The highest BCUT2D eigenvalue weighted by molar-refractivity contribution is 6.13. The Kier molecular flexibility index (Phi) is 25.1. The van der Waals surface area contributed by atoms with Crippen LogP contribution in [0.2, 0.25) is 0 Å². The number of hydrogen-bond donors (Lipinski definition) is 0. The molecule has 122 heavy (non-hydrogen) atoms. The molecule has 0 bridgehead atoms. The van der Waals surface area contributed by atoms with Gasteiger partial charge in [0.2, 0.25) is 0 Å². The summed E-state index contributed by atoms with van der Waals surface area (Å²) in [4.78, 5) is 0. The van der Waals surface area contributed by atoms with Crippen LogP contribution in [0.25, 0.3) is 151 Å². The summed E-state index contributed by atoms with van der Waals surface area (Å²) in [6.45, 7) is 39.1. The van der Waals surface area contributed by atoms with Crippen molar-refractivity contribution in [2.24, 2.45) is 0 Å². The van der Waals surface area contributed by atoms with Crippen molar-refractivity contribution < 1.29 is 0 Å². The lowest BCUT2D eigenvalue weighted by atomic mass is 9.91. The molecule has 22 rings (SSSR count). The Labute approximate surface area is 722 Å². The van der Waals surface area contributed by atoms with E-state index in [0.29, 0.717) is 0 Å². The van der Waals surface area contributed by atoms with Gasteiger partial charge in [-0.15, -0.1) is 0 Å². The first-order valence-electron chi connectivity index (χ1n) is 43.2. The topological polar surface area (TPSA) is 0 Å². The molecule has 22 aromatic rings. The summed E-state index contributed by atoms with van der Waals surface area (Å²) < 4.78 is 0. The molecule has 0 aliphatic heterocycles. The van der Waals surface area contributed by atoms with Gasteiger partial charge in [-0.1, -0.05) is 361 Å². The van der Waals surface area contributed by atoms with Crippen molar-refractivity contribution >= 4 is 151 Å². The van der Waals surface area contributed by atoms with E-state index in [-0.39, 0.29) is 0 Å². The van der Waals surface area contributed by atoms with Gasteiger partial charge in [-0.3, -0.25) is 0 Å². The van der Waals surface area contributed by atoms with E-state index in [4.69, 9.17) is 0 Å². The van der Waals surface area contributed by atoms with Crippen molar-refractivity contribution in [3.63, 3.8) is 0 Å². The molecule has 0 heteroatoms. The van der Waals surface area contributed by atoms with Gasteiger partial charge in [-0.25, -0.2) is 0 Å². The molecule has 600 valence electrons. The van der Waals surface area contributed by atoms with E-state index in [9.17, 15) is 0 Å². The highest BCUT2D eigenvalue weighted by Crippen LogP contribution is 2.37. The summed E-state index contributed by atoms with van der Waals surface area (Å²) in [5, 5.41) is 38.0. The molecule has 0 amide bonds. The summed E-state index contributed by atoms with van der Waals surface area (Å²) in [7, 11) is 0. The van der Waals surface area contributed by atoms with Gasteiger partial charge in [0.1, 0.15) is 0 Å². The number of benzene rings is 22. The van der Waals surface area contributed by atoms with Crippen molar-refractivity contribution in [2.75, 3.05) is 0 Å². The van der Waals surface area contributed by atoms with Crippen LogP contribution in [0, 0.1) is 125 Å². The van der Waals surface area contributed by atoms with Crippen LogP contribution in [-0.4, -0.2) is 0 Å². The van der Waals surface area contributed by atoms with Crippen LogP contribution in [0.1, 0.15) is 100 Å². The molecule has 0 fully saturated rings. The fourth-order valence-electron chi connectivity index (χ4n) is 18.2. The number of aryl methyl sites for hydroxylation is 18. The summed E-state index contributed by atoms with van der Waals surface area (Å²) in [6.07, 6.45) is 0. The second-order valence-corrected chi connectivity index (χ2v) is 34.2. The summed E-state index contributed by atoms with van der Waals surface area (Å²) in [6, 6.07) is 127. The standard InChI is InChI=1S/C17H16.5C16H14.C13H14.C12H12/c1-11-7-6-10-16-12(2)14-8-4-5-9-15(14)13(3)17(11)16;1-11-3-5-13-10-16-8-12(2)4-6-14(16)9-15(13)7-11;1-11-5-3-7-13-10-16-12(2)6-4-8-14(16)9-15(11)13;1-11-6-5-9-14-12(2)10-13-7-3-4-8-15(13)16(11)14;1-11-6-7-13-8-9-14-12(2)4-3-5-15(14)16(13)10-11;1-11-7-8-13-10-12(2)14-5-3-4-6-15(14)16(13)9-11;1-9-7-8-11(3)13-10(2)5-4-6-12(9)13;1-9-3-5-12-8-10(2)4-6-11(12)7-9/h4-10H,1-3H3;5*3-10H,1-2H3;4-8H,1-3H3;3-8H,1-2H3. The maximum Gasteiger partial charge on any atom is -0.00735 e. The largest absolute Gasteiger partial charge is 0.0616 e. The van der Waals surface area contributed by atoms with E-state index in [1.54, 1.807) is 0 Å². The molecule has 0 unspecified atom stereocenters. The van der Waals surface area contributed by atoms with Gasteiger partial charge in [0.25, 0.3) is 0 Å². The maximum absolute atomic E-state index is 2.30. The lowest BCUT2D eigenvalue weighted by Gasteiger charge is -2.13. The minimum Gasteiger partial charge on any atom is -0.0616 e. The van der Waals surface area contributed by atoms with Crippen LogP contribution < -0.4 is 0 Å². The molecule has 0 heterocycles. The minimum absolute atomic E-state index is 1.32. The van der Waals surface area contributed by atoms with Crippen LogP contribution in [0.4, 0.5) is 0 Å². The normalized spacial score (nSPS) is 11.0. The summed E-state index contributed by atoms with van der Waals surface area (Å²) in [5.74, 6) is 0. The highest BCUT2D eigenvalue weighted by atomic mass is 14.2. The summed E-state index contributed by atoms with van der Waals surface area (Å²) >= 11 is 0. The Morgan fingerprint density at radius 2 is 0.393 bits per heavy atom. The molecule has 0 aromatic heterocycles. The molecule has 0 aliphatic rings. The third kappa shape index (κ3) is 18.2. The smallest absolute Gasteiger partial charge is 0.00735 e. The molecule has 0 radical (unpaired) electrons. The van der Waals surface area contributed by atoms with Gasteiger partial charge in [-0.2, -0.15) is 0 Å². The molecule has 0 aliphatic carbocycles. The first kappa shape index (κ1) is 83.5. The zero-order chi connectivity index (χ0) is 85.6. The molecular weight excluding hydrogens is 1470 g/mol. The predicted molar refractivity (Wildman–Crippen MR) is 542 cm³/mol. The number of rotatable bonds is 0. The third-order valence-corrected chi connectivity index (χ3v) is 24.8. The van der Waals surface area contributed by atoms with Crippen LogP contribution in [0.5, 0.6) is 0 Å². The SMILES string of the molecule is Cc1c2ccccc2c(C)c2c(C)cccc12.Cc1cc2ccccc2c2c(C)cccc12.Cc1ccc(C)c2c(C)cccc12.Cc1ccc2cc(C)c3ccccc3c2c1.Cc1ccc2cc(C)ccc2c1.Cc1ccc2cc3cc(C)ccc3cc2c1.Cc1ccc2ccc3c(C)cccc3c2c1.Cc1cccc2cc3c(C)cccc3cc12. The van der Waals surface area contributed by atoms with Gasteiger partial charge >= 0.3 is 0 Å². The lowest BCUT2D eigenvalue weighted by Crippen LogP contribution is -1.89. The molecule has 0 atom stereocenters. The molecule has 0 saturated carbocycles. The number of fused-ring (bicyclic) bond motifs is 17. The number of hydrogen-bond acceptors (Lipinski definition) is 0. The fourth-order valence-corrected chi connectivity index (χ4v) is 18.2. The highest BCUT2D eigenvalue weighted by Gasteiger charge is 2.12. The second kappa shape index (κ2) is 36.6. The van der Waals surface area contributed by atoms with Crippen molar-refractivity contribution in [1.29, 1.82) is 0 Å². The van der Waals surface area contributed by atoms with E-state index in [0.717, 1.165) is 0 Å². The quantitative estimate of drug-likeness (QED) is 0.105. The van der Waals surface area contributed by atoms with E-state index in [1.165, 1.54) is 251 Å². The molecule has 0 N–H and O–H groups in total. The van der Waals surface area contributed by atoms with E-state index < -0.39 is 0 Å². The van der Waals surface area contributed by atoms with Crippen LogP contribution in [0.3, 0.4) is 0 Å². The molecule has 22 aromatic carbocycles. The van der Waals surface area contributed by atoms with Crippen LogP contribution >= 0.6 is 0 Å². The molecule has 0 nitrogen and oxygen atoms in total. The molecule has 0 saturated heterocycles. The minimum atomic E-state index is 1.32. The Bertz CT molecular complexity index is 7470.